The van der Waals surface area contributed by atoms with E-state index in [1.165, 1.54) is 12.1 Å². The average Bonchev–Trinajstić information content (AvgIpc) is 2.14. The normalized spacial score (nSPS) is 10.6. The molecule has 0 aliphatic heterocycles. The molecule has 0 amide bonds. The number of alkyl halides is 4. The van der Waals surface area contributed by atoms with E-state index in [1.807, 2.05) is 0 Å². The molecule has 0 nitrogen and oxygen atoms in total. The SMILES string of the molecule is FC(F)(F)c1ccc(C#CCCl)cc1. The Hall–Kier alpha value is -1.14. The van der Waals surface area contributed by atoms with Crippen molar-refractivity contribution >= 4 is 11.6 Å². The largest absolute Gasteiger partial charge is 0.416 e. The maximum atomic E-state index is 12.1. The third-order valence-corrected chi connectivity index (χ3v) is 1.65. The summed E-state index contributed by atoms with van der Waals surface area (Å²) < 4.78 is 36.3. The summed E-state index contributed by atoms with van der Waals surface area (Å²) in [5.74, 6) is 5.35. The lowest BCUT2D eigenvalue weighted by atomic mass is 10.1. The van der Waals surface area contributed by atoms with Crippen LogP contribution in [0.1, 0.15) is 11.1 Å². The van der Waals surface area contributed by atoms with Gasteiger partial charge in [0.05, 0.1) is 11.4 Å². The first-order valence-electron chi connectivity index (χ1n) is 3.76. The molecule has 1 aromatic carbocycles. The van der Waals surface area contributed by atoms with Gasteiger partial charge in [0.15, 0.2) is 0 Å². The average molecular weight is 219 g/mol. The maximum Gasteiger partial charge on any atom is 0.416 e. The molecule has 0 N–H and O–H groups in total. The maximum absolute atomic E-state index is 12.1. The molecule has 0 bridgehead atoms. The smallest absolute Gasteiger partial charge is 0.166 e. The lowest BCUT2D eigenvalue weighted by Gasteiger charge is -2.05. The number of benzene rings is 1. The fourth-order valence-electron chi connectivity index (χ4n) is 0.878. The number of rotatable bonds is 0. The third kappa shape index (κ3) is 2.97. The molecule has 0 saturated heterocycles. The second kappa shape index (κ2) is 4.39. The molecule has 0 radical (unpaired) electrons. The first-order chi connectivity index (χ1) is 6.54. The highest BCUT2D eigenvalue weighted by Crippen LogP contribution is 2.28. The standard InChI is InChI=1S/C10H6ClF3/c11-7-1-2-8-3-5-9(6-4-8)10(12,13)14/h3-6H,7H2. The van der Waals surface area contributed by atoms with E-state index < -0.39 is 11.7 Å². The van der Waals surface area contributed by atoms with Gasteiger partial charge < -0.3 is 0 Å². The van der Waals surface area contributed by atoms with Crippen LogP contribution in [0.2, 0.25) is 0 Å². The van der Waals surface area contributed by atoms with Gasteiger partial charge in [0.1, 0.15) is 0 Å². The summed E-state index contributed by atoms with van der Waals surface area (Å²) >= 11 is 5.30. The van der Waals surface area contributed by atoms with E-state index in [-0.39, 0.29) is 5.88 Å². The fourth-order valence-corrected chi connectivity index (χ4v) is 0.945. The van der Waals surface area contributed by atoms with Crippen molar-refractivity contribution in [1.82, 2.24) is 0 Å². The Morgan fingerprint density at radius 2 is 1.71 bits per heavy atom. The topological polar surface area (TPSA) is 0 Å². The molecule has 1 aromatic rings. The van der Waals surface area contributed by atoms with Gasteiger partial charge in [0, 0.05) is 5.56 Å². The van der Waals surface area contributed by atoms with Crippen LogP contribution in [-0.4, -0.2) is 5.88 Å². The van der Waals surface area contributed by atoms with Crippen LogP contribution in [0, 0.1) is 11.8 Å². The molecule has 0 fully saturated rings. The zero-order chi connectivity index (χ0) is 10.6. The van der Waals surface area contributed by atoms with Gasteiger partial charge in [-0.3, -0.25) is 0 Å². The predicted molar refractivity (Wildman–Crippen MR) is 49.0 cm³/mol. The number of halogens is 4. The van der Waals surface area contributed by atoms with Crippen LogP contribution in [0.3, 0.4) is 0 Å². The summed E-state index contributed by atoms with van der Waals surface area (Å²) in [5.41, 5.74) is -0.146. The van der Waals surface area contributed by atoms with E-state index in [2.05, 4.69) is 11.8 Å². The molecule has 0 unspecified atom stereocenters. The van der Waals surface area contributed by atoms with E-state index in [9.17, 15) is 13.2 Å². The van der Waals surface area contributed by atoms with Crippen molar-refractivity contribution in [3.63, 3.8) is 0 Å². The van der Waals surface area contributed by atoms with Crippen molar-refractivity contribution in [3.05, 3.63) is 35.4 Å². The van der Waals surface area contributed by atoms with Crippen molar-refractivity contribution in [1.29, 1.82) is 0 Å². The Morgan fingerprint density at radius 1 is 1.14 bits per heavy atom. The van der Waals surface area contributed by atoms with Gasteiger partial charge in [-0.2, -0.15) is 13.2 Å². The van der Waals surface area contributed by atoms with Crippen LogP contribution in [0.4, 0.5) is 13.2 Å². The van der Waals surface area contributed by atoms with E-state index in [4.69, 9.17) is 11.6 Å². The summed E-state index contributed by atoms with van der Waals surface area (Å²) in [4.78, 5) is 0. The van der Waals surface area contributed by atoms with Gasteiger partial charge in [-0.1, -0.05) is 11.8 Å². The minimum atomic E-state index is -4.29. The molecule has 0 aliphatic rings. The Kier molecular flexibility index (Phi) is 3.43. The fraction of sp³-hybridized carbons (Fsp3) is 0.200. The van der Waals surface area contributed by atoms with Gasteiger partial charge in [0.25, 0.3) is 0 Å². The molecule has 0 aromatic heterocycles. The van der Waals surface area contributed by atoms with Crippen LogP contribution in [0.5, 0.6) is 0 Å². The zero-order valence-corrected chi connectivity index (χ0v) is 7.78. The van der Waals surface area contributed by atoms with Crippen molar-refractivity contribution in [2.24, 2.45) is 0 Å². The van der Waals surface area contributed by atoms with Gasteiger partial charge in [-0.05, 0) is 24.3 Å². The third-order valence-electron chi connectivity index (χ3n) is 1.51. The lowest BCUT2D eigenvalue weighted by molar-refractivity contribution is -0.137. The summed E-state index contributed by atoms with van der Waals surface area (Å²) in [7, 11) is 0. The van der Waals surface area contributed by atoms with E-state index in [0.29, 0.717) is 5.56 Å². The molecular weight excluding hydrogens is 213 g/mol. The van der Waals surface area contributed by atoms with Crippen LogP contribution in [-0.2, 0) is 6.18 Å². The lowest BCUT2D eigenvalue weighted by Crippen LogP contribution is -2.04. The highest BCUT2D eigenvalue weighted by molar-refractivity contribution is 6.19. The Morgan fingerprint density at radius 3 is 2.14 bits per heavy atom. The molecule has 4 heteroatoms. The second-order valence-electron chi connectivity index (χ2n) is 2.51. The van der Waals surface area contributed by atoms with Crippen LogP contribution >= 0.6 is 11.6 Å². The zero-order valence-electron chi connectivity index (χ0n) is 7.03. The molecule has 0 saturated carbocycles. The first-order valence-corrected chi connectivity index (χ1v) is 4.29. The summed E-state index contributed by atoms with van der Waals surface area (Å²) in [6, 6.07) is 4.64. The molecule has 1 rings (SSSR count). The number of hydrogen-bond donors (Lipinski definition) is 0. The van der Waals surface area contributed by atoms with Gasteiger partial charge in [-0.15, -0.1) is 11.6 Å². The summed E-state index contributed by atoms with van der Waals surface area (Å²) in [5, 5.41) is 0. The Bertz CT molecular complexity index is 354. The van der Waals surface area contributed by atoms with Crippen LogP contribution in [0.15, 0.2) is 24.3 Å². The molecule has 14 heavy (non-hydrogen) atoms. The highest BCUT2D eigenvalue weighted by atomic mass is 35.5. The van der Waals surface area contributed by atoms with Gasteiger partial charge >= 0.3 is 6.18 Å². The van der Waals surface area contributed by atoms with Crippen LogP contribution in [0.25, 0.3) is 0 Å². The minimum absolute atomic E-state index is 0.168. The summed E-state index contributed by atoms with van der Waals surface area (Å²) in [6.07, 6.45) is -4.29. The molecular formula is C10H6ClF3. The van der Waals surface area contributed by atoms with Crippen molar-refractivity contribution in [2.45, 2.75) is 6.18 Å². The summed E-state index contributed by atoms with van der Waals surface area (Å²) in [6.45, 7) is 0. The van der Waals surface area contributed by atoms with Gasteiger partial charge in [-0.25, -0.2) is 0 Å². The quantitative estimate of drug-likeness (QED) is 0.463. The molecule has 0 heterocycles. The number of hydrogen-bond acceptors (Lipinski definition) is 0. The second-order valence-corrected chi connectivity index (χ2v) is 2.78. The highest BCUT2D eigenvalue weighted by Gasteiger charge is 2.29. The van der Waals surface area contributed by atoms with E-state index in [0.717, 1.165) is 12.1 Å². The van der Waals surface area contributed by atoms with Gasteiger partial charge in [0.2, 0.25) is 0 Å². The van der Waals surface area contributed by atoms with Crippen molar-refractivity contribution < 1.29 is 13.2 Å². The Balaban J connectivity index is 2.89. The molecule has 0 atom stereocenters. The first kappa shape index (κ1) is 10.9. The van der Waals surface area contributed by atoms with Crippen molar-refractivity contribution in [3.8, 4) is 11.8 Å². The molecule has 74 valence electrons. The predicted octanol–water partition coefficient (Wildman–Crippen LogP) is 3.30. The Labute approximate surface area is 84.7 Å². The monoisotopic (exact) mass is 218 g/mol. The molecule has 0 spiro atoms. The van der Waals surface area contributed by atoms with Crippen LogP contribution < -0.4 is 0 Å². The van der Waals surface area contributed by atoms with Crippen molar-refractivity contribution in [2.75, 3.05) is 5.88 Å². The van der Waals surface area contributed by atoms with E-state index in [1.54, 1.807) is 0 Å². The minimum Gasteiger partial charge on any atom is -0.166 e. The van der Waals surface area contributed by atoms with E-state index >= 15 is 0 Å². The molecule has 0 aliphatic carbocycles.